The van der Waals surface area contributed by atoms with Gasteiger partial charge in [-0.05, 0) is 25.7 Å². The van der Waals surface area contributed by atoms with Crippen molar-refractivity contribution in [1.82, 2.24) is 0 Å². The molecule has 22 heavy (non-hydrogen) atoms. The molecule has 0 saturated carbocycles. The minimum atomic E-state index is -2.43. The van der Waals surface area contributed by atoms with Crippen LogP contribution in [0.4, 0.5) is 0 Å². The van der Waals surface area contributed by atoms with Crippen LogP contribution in [0.25, 0.3) is 0 Å². The lowest BCUT2D eigenvalue weighted by molar-refractivity contribution is 0.0586. The van der Waals surface area contributed by atoms with E-state index in [0.29, 0.717) is 0 Å². The van der Waals surface area contributed by atoms with Crippen LogP contribution in [-0.4, -0.2) is 28.6 Å². The molecule has 0 amide bonds. The van der Waals surface area contributed by atoms with E-state index < -0.39 is 8.80 Å². The van der Waals surface area contributed by atoms with Crippen LogP contribution in [0.3, 0.4) is 0 Å². The van der Waals surface area contributed by atoms with Gasteiger partial charge in [0.15, 0.2) is 0 Å². The fraction of sp³-hybridized carbons (Fsp3) is 1.00. The van der Waals surface area contributed by atoms with E-state index in [0.717, 1.165) is 45.1 Å². The number of rotatable bonds is 17. The molecular weight excluding hydrogens is 292 g/mol. The Morgan fingerprint density at radius 3 is 1.32 bits per heavy atom. The van der Waals surface area contributed by atoms with Gasteiger partial charge < -0.3 is 13.3 Å². The first kappa shape index (κ1) is 22.1. The average molecular weight is 333 g/mol. The Balaban J connectivity index is 4.21. The fourth-order valence-corrected chi connectivity index (χ4v) is 5.32. The lowest BCUT2D eigenvalue weighted by atomic mass is 10.1. The van der Waals surface area contributed by atoms with E-state index in [2.05, 4.69) is 27.7 Å². The summed E-state index contributed by atoms with van der Waals surface area (Å²) in [7, 11) is -2.43. The zero-order chi connectivity index (χ0) is 16.5. The van der Waals surface area contributed by atoms with E-state index in [1.165, 1.54) is 44.9 Å². The molecule has 4 heteroatoms. The van der Waals surface area contributed by atoms with Crippen LogP contribution in [-0.2, 0) is 13.3 Å². The van der Waals surface area contributed by atoms with E-state index >= 15 is 0 Å². The molecule has 0 N–H and O–H groups in total. The van der Waals surface area contributed by atoms with Crippen LogP contribution in [0.1, 0.15) is 91.9 Å². The van der Waals surface area contributed by atoms with E-state index in [1.54, 1.807) is 0 Å². The molecule has 0 aromatic heterocycles. The summed E-state index contributed by atoms with van der Waals surface area (Å²) in [5.41, 5.74) is 0. The van der Waals surface area contributed by atoms with Crippen LogP contribution in [0.15, 0.2) is 0 Å². The Bertz CT molecular complexity index is 203. The second-order valence-electron chi connectivity index (χ2n) is 6.10. The van der Waals surface area contributed by atoms with Gasteiger partial charge in [-0.15, -0.1) is 0 Å². The number of unbranched alkanes of at least 4 members (excludes halogenated alkanes) is 6. The smallest absolute Gasteiger partial charge is 0.373 e. The number of hydrogen-bond acceptors (Lipinski definition) is 3. The average Bonchev–Trinajstić information content (AvgIpc) is 2.55. The molecule has 0 saturated heterocycles. The zero-order valence-electron chi connectivity index (χ0n) is 15.6. The van der Waals surface area contributed by atoms with Crippen molar-refractivity contribution in [2.45, 2.75) is 97.9 Å². The molecule has 0 aliphatic carbocycles. The van der Waals surface area contributed by atoms with Gasteiger partial charge in [-0.1, -0.05) is 66.2 Å². The lowest BCUT2D eigenvalue weighted by Gasteiger charge is -2.29. The highest BCUT2D eigenvalue weighted by molar-refractivity contribution is 6.60. The van der Waals surface area contributed by atoms with Crippen molar-refractivity contribution in [1.29, 1.82) is 0 Å². The van der Waals surface area contributed by atoms with Crippen molar-refractivity contribution >= 4 is 8.80 Å². The Labute approximate surface area is 140 Å². The molecule has 0 bridgehead atoms. The molecule has 0 radical (unpaired) electrons. The Morgan fingerprint density at radius 1 is 0.500 bits per heavy atom. The van der Waals surface area contributed by atoms with Gasteiger partial charge in [-0.3, -0.25) is 0 Å². The molecular formula is C18H40O3Si. The molecule has 0 fully saturated rings. The van der Waals surface area contributed by atoms with Crippen molar-refractivity contribution in [3.8, 4) is 0 Å². The first-order valence-corrected chi connectivity index (χ1v) is 11.6. The highest BCUT2D eigenvalue weighted by atomic mass is 28.4. The molecule has 3 nitrogen and oxygen atoms in total. The molecule has 0 unspecified atom stereocenters. The summed E-state index contributed by atoms with van der Waals surface area (Å²) in [5, 5.41) is 0. The Kier molecular flexibility index (Phi) is 16.0. The SMILES string of the molecule is CCCCCCCCC[Si](OCCC)(OCCC)OCCC. The first-order chi connectivity index (χ1) is 10.7. The van der Waals surface area contributed by atoms with E-state index in [4.69, 9.17) is 13.3 Å². The van der Waals surface area contributed by atoms with Crippen LogP contribution in [0.5, 0.6) is 0 Å². The van der Waals surface area contributed by atoms with Gasteiger partial charge in [0.25, 0.3) is 0 Å². The normalized spacial score (nSPS) is 12.0. The van der Waals surface area contributed by atoms with Gasteiger partial charge in [0, 0.05) is 25.9 Å². The quantitative estimate of drug-likeness (QED) is 0.243. The summed E-state index contributed by atoms with van der Waals surface area (Å²) < 4.78 is 18.4. The topological polar surface area (TPSA) is 27.7 Å². The fourth-order valence-electron chi connectivity index (χ4n) is 2.41. The second-order valence-corrected chi connectivity index (χ2v) is 8.83. The summed E-state index contributed by atoms with van der Waals surface area (Å²) in [6, 6.07) is 0.987. The van der Waals surface area contributed by atoms with Gasteiger partial charge in [0.05, 0.1) is 0 Å². The molecule has 0 aromatic carbocycles. The molecule has 0 atom stereocenters. The molecule has 0 rings (SSSR count). The number of hydrogen-bond donors (Lipinski definition) is 0. The largest absolute Gasteiger partial charge is 0.500 e. The van der Waals surface area contributed by atoms with E-state index in [9.17, 15) is 0 Å². The van der Waals surface area contributed by atoms with Crippen LogP contribution < -0.4 is 0 Å². The third-order valence-electron chi connectivity index (χ3n) is 3.66. The summed E-state index contributed by atoms with van der Waals surface area (Å²) in [4.78, 5) is 0. The summed E-state index contributed by atoms with van der Waals surface area (Å²) >= 11 is 0. The Morgan fingerprint density at radius 2 is 0.909 bits per heavy atom. The summed E-state index contributed by atoms with van der Waals surface area (Å²) in [6.07, 6.45) is 12.3. The van der Waals surface area contributed by atoms with Crippen molar-refractivity contribution < 1.29 is 13.3 Å². The van der Waals surface area contributed by atoms with Gasteiger partial charge in [-0.25, -0.2) is 0 Å². The molecule has 0 aliphatic rings. The Hall–Kier alpha value is 0.0969. The zero-order valence-corrected chi connectivity index (χ0v) is 16.6. The van der Waals surface area contributed by atoms with Gasteiger partial charge >= 0.3 is 8.80 Å². The lowest BCUT2D eigenvalue weighted by Crippen LogP contribution is -2.46. The minimum Gasteiger partial charge on any atom is -0.373 e. The predicted molar refractivity (Wildman–Crippen MR) is 97.3 cm³/mol. The van der Waals surface area contributed by atoms with Gasteiger partial charge in [-0.2, -0.15) is 0 Å². The van der Waals surface area contributed by atoms with Crippen LogP contribution in [0, 0.1) is 0 Å². The summed E-state index contributed by atoms with van der Waals surface area (Å²) in [6.45, 7) is 11.0. The molecule has 0 aromatic rings. The van der Waals surface area contributed by atoms with Gasteiger partial charge in [0.1, 0.15) is 0 Å². The predicted octanol–water partition coefficient (Wildman–Crippen LogP) is 5.96. The second kappa shape index (κ2) is 16.0. The molecule has 0 heterocycles. The molecule has 0 spiro atoms. The van der Waals surface area contributed by atoms with Crippen molar-refractivity contribution in [2.75, 3.05) is 19.8 Å². The van der Waals surface area contributed by atoms with E-state index in [-0.39, 0.29) is 0 Å². The van der Waals surface area contributed by atoms with Crippen LogP contribution >= 0.6 is 0 Å². The third-order valence-corrected chi connectivity index (χ3v) is 6.56. The molecule has 0 aliphatic heterocycles. The maximum absolute atomic E-state index is 6.12. The van der Waals surface area contributed by atoms with Gasteiger partial charge in [0.2, 0.25) is 0 Å². The van der Waals surface area contributed by atoms with Crippen molar-refractivity contribution in [2.24, 2.45) is 0 Å². The van der Waals surface area contributed by atoms with Crippen molar-refractivity contribution in [3.63, 3.8) is 0 Å². The third kappa shape index (κ3) is 11.6. The molecule has 134 valence electrons. The van der Waals surface area contributed by atoms with Crippen molar-refractivity contribution in [3.05, 3.63) is 0 Å². The van der Waals surface area contributed by atoms with Crippen LogP contribution in [0.2, 0.25) is 6.04 Å². The monoisotopic (exact) mass is 332 g/mol. The first-order valence-electron chi connectivity index (χ1n) is 9.66. The highest BCUT2D eigenvalue weighted by Gasteiger charge is 2.40. The summed E-state index contributed by atoms with van der Waals surface area (Å²) in [5.74, 6) is 0. The standard InChI is InChI=1S/C18H40O3Si/c1-5-9-10-11-12-13-14-18-22(19-15-6-2,20-16-7-3)21-17-8-4/h5-18H2,1-4H3. The maximum atomic E-state index is 6.12. The highest BCUT2D eigenvalue weighted by Crippen LogP contribution is 2.21. The minimum absolute atomic E-state index is 0.760. The maximum Gasteiger partial charge on any atom is 0.500 e. The van der Waals surface area contributed by atoms with E-state index in [1.807, 2.05) is 0 Å².